The van der Waals surface area contributed by atoms with Gasteiger partial charge >= 0.3 is 5.97 Å². The van der Waals surface area contributed by atoms with E-state index in [9.17, 15) is 9.18 Å². The lowest BCUT2D eigenvalue weighted by atomic mass is 10.1. The van der Waals surface area contributed by atoms with Gasteiger partial charge in [0.1, 0.15) is 5.82 Å². The van der Waals surface area contributed by atoms with E-state index in [0.717, 1.165) is 0 Å². The number of ether oxygens (including phenoxy) is 2. The smallest absolute Gasteiger partial charge is 0.303 e. The van der Waals surface area contributed by atoms with Gasteiger partial charge in [-0.2, -0.15) is 0 Å². The molecule has 4 nitrogen and oxygen atoms in total. The highest BCUT2D eigenvalue weighted by atomic mass is 79.9. The van der Waals surface area contributed by atoms with Crippen molar-refractivity contribution in [2.75, 3.05) is 14.2 Å². The number of carboxylic acids is 1. The highest BCUT2D eigenvalue weighted by Crippen LogP contribution is 2.39. The number of halogens is 2. The van der Waals surface area contributed by atoms with E-state index in [-0.39, 0.29) is 24.2 Å². The van der Waals surface area contributed by atoms with Crippen molar-refractivity contribution in [3.8, 4) is 11.5 Å². The molecule has 6 heteroatoms. The molecule has 0 unspecified atom stereocenters. The summed E-state index contributed by atoms with van der Waals surface area (Å²) in [5.74, 6) is -0.882. The number of benzene rings is 1. The number of rotatable bonds is 5. The molecule has 0 heterocycles. The summed E-state index contributed by atoms with van der Waals surface area (Å²) in [5.41, 5.74) is 0.269. The normalized spacial score (nSPS) is 10.1. The quantitative estimate of drug-likeness (QED) is 0.908. The second-order valence-corrected chi connectivity index (χ2v) is 4.07. The molecule has 0 aromatic heterocycles. The maximum absolute atomic E-state index is 13.7. The fraction of sp³-hybridized carbons (Fsp3) is 0.364. The van der Waals surface area contributed by atoms with Crippen molar-refractivity contribution in [3.63, 3.8) is 0 Å². The first kappa shape index (κ1) is 13.8. The van der Waals surface area contributed by atoms with E-state index in [2.05, 4.69) is 15.9 Å². The van der Waals surface area contributed by atoms with Crippen LogP contribution in [0.25, 0.3) is 0 Å². The van der Waals surface area contributed by atoms with Crippen LogP contribution in [0.4, 0.5) is 4.39 Å². The molecule has 1 N–H and O–H groups in total. The van der Waals surface area contributed by atoms with E-state index >= 15 is 0 Å². The maximum Gasteiger partial charge on any atom is 0.303 e. The van der Waals surface area contributed by atoms with Gasteiger partial charge in [0.15, 0.2) is 11.5 Å². The van der Waals surface area contributed by atoms with E-state index < -0.39 is 11.8 Å². The average Bonchev–Trinajstić information content (AvgIpc) is 2.27. The van der Waals surface area contributed by atoms with Gasteiger partial charge in [-0.25, -0.2) is 4.39 Å². The summed E-state index contributed by atoms with van der Waals surface area (Å²) in [4.78, 5) is 10.5. The van der Waals surface area contributed by atoms with E-state index in [4.69, 9.17) is 14.6 Å². The molecule has 1 aromatic carbocycles. The molecule has 0 spiro atoms. The predicted molar refractivity (Wildman–Crippen MR) is 63.2 cm³/mol. The third-order valence-electron chi connectivity index (χ3n) is 2.25. The summed E-state index contributed by atoms with van der Waals surface area (Å²) in [5, 5.41) is 8.59. The SMILES string of the molecule is COc1cc(F)c(CCC(=O)O)c(Br)c1OC. The molecule has 1 rings (SSSR count). The minimum atomic E-state index is -0.980. The number of hydrogen-bond donors (Lipinski definition) is 1. The van der Waals surface area contributed by atoms with E-state index in [0.29, 0.717) is 10.2 Å². The minimum Gasteiger partial charge on any atom is -0.493 e. The van der Waals surface area contributed by atoms with Gasteiger partial charge in [0.2, 0.25) is 0 Å². The molecule has 1 aromatic rings. The number of carboxylic acid groups (broad SMARTS) is 1. The van der Waals surface area contributed by atoms with Gasteiger partial charge < -0.3 is 14.6 Å². The molecule has 0 amide bonds. The van der Waals surface area contributed by atoms with E-state index in [1.807, 2.05) is 0 Å². The van der Waals surface area contributed by atoms with Gasteiger partial charge in [-0.3, -0.25) is 4.79 Å². The zero-order valence-electron chi connectivity index (χ0n) is 9.42. The Hall–Kier alpha value is -1.30. The van der Waals surface area contributed by atoms with Crippen LogP contribution in [0, 0.1) is 5.82 Å². The molecule has 0 aliphatic heterocycles. The van der Waals surface area contributed by atoms with Crippen molar-refractivity contribution in [1.29, 1.82) is 0 Å². The van der Waals surface area contributed by atoms with Crippen molar-refractivity contribution >= 4 is 21.9 Å². The highest BCUT2D eigenvalue weighted by Gasteiger charge is 2.18. The molecule has 0 atom stereocenters. The number of hydrogen-bond acceptors (Lipinski definition) is 3. The topological polar surface area (TPSA) is 55.8 Å². The van der Waals surface area contributed by atoms with Crippen LogP contribution in [-0.4, -0.2) is 25.3 Å². The third-order valence-corrected chi connectivity index (χ3v) is 3.09. The maximum atomic E-state index is 13.7. The second-order valence-electron chi connectivity index (χ2n) is 3.28. The van der Waals surface area contributed by atoms with Crippen LogP contribution in [0.5, 0.6) is 11.5 Å². The van der Waals surface area contributed by atoms with E-state index in [1.54, 1.807) is 0 Å². The lowest BCUT2D eigenvalue weighted by molar-refractivity contribution is -0.136. The third kappa shape index (κ3) is 3.09. The highest BCUT2D eigenvalue weighted by molar-refractivity contribution is 9.10. The number of aliphatic carboxylic acids is 1. The van der Waals surface area contributed by atoms with Gasteiger partial charge in [0.05, 0.1) is 18.7 Å². The van der Waals surface area contributed by atoms with Crippen LogP contribution < -0.4 is 9.47 Å². The number of carbonyl (C=O) groups is 1. The van der Waals surface area contributed by atoms with Crippen molar-refractivity contribution in [2.45, 2.75) is 12.8 Å². The standard InChI is InChI=1S/C11H12BrFO4/c1-16-8-5-7(13)6(3-4-9(14)15)10(12)11(8)17-2/h5H,3-4H2,1-2H3,(H,14,15). The van der Waals surface area contributed by atoms with Crippen molar-refractivity contribution in [2.24, 2.45) is 0 Å². The predicted octanol–water partition coefficient (Wildman–Crippen LogP) is 2.62. The van der Waals surface area contributed by atoms with Crippen molar-refractivity contribution in [3.05, 3.63) is 21.9 Å². The van der Waals surface area contributed by atoms with Crippen LogP contribution >= 0.6 is 15.9 Å². The van der Waals surface area contributed by atoms with Crippen LogP contribution in [0.1, 0.15) is 12.0 Å². The van der Waals surface area contributed by atoms with E-state index in [1.165, 1.54) is 20.3 Å². The Kier molecular flexibility index (Phi) is 4.74. The number of methoxy groups -OCH3 is 2. The Morgan fingerprint density at radius 1 is 1.47 bits per heavy atom. The van der Waals surface area contributed by atoms with Crippen LogP contribution in [0.15, 0.2) is 10.5 Å². The van der Waals surface area contributed by atoms with Crippen molar-refractivity contribution < 1.29 is 23.8 Å². The second kappa shape index (κ2) is 5.86. The van der Waals surface area contributed by atoms with Crippen LogP contribution in [-0.2, 0) is 11.2 Å². The zero-order valence-corrected chi connectivity index (χ0v) is 11.0. The molecule has 0 fully saturated rings. The monoisotopic (exact) mass is 306 g/mol. The fourth-order valence-electron chi connectivity index (χ4n) is 1.42. The first-order valence-corrected chi connectivity index (χ1v) is 5.61. The summed E-state index contributed by atoms with van der Waals surface area (Å²) in [6.07, 6.45) is -0.0624. The summed E-state index contributed by atoms with van der Waals surface area (Å²) in [7, 11) is 2.84. The zero-order chi connectivity index (χ0) is 13.0. The molecule has 0 aliphatic carbocycles. The lowest BCUT2D eigenvalue weighted by Gasteiger charge is -2.13. The Morgan fingerprint density at radius 3 is 2.59 bits per heavy atom. The summed E-state index contributed by atoms with van der Waals surface area (Å²) >= 11 is 3.20. The van der Waals surface area contributed by atoms with Crippen LogP contribution in [0.3, 0.4) is 0 Å². The van der Waals surface area contributed by atoms with Crippen molar-refractivity contribution in [1.82, 2.24) is 0 Å². The Labute approximate surface area is 106 Å². The first-order chi connectivity index (χ1) is 8.01. The summed E-state index contributed by atoms with van der Waals surface area (Å²) in [6, 6.07) is 1.18. The molecule has 17 heavy (non-hydrogen) atoms. The minimum absolute atomic E-state index is 0.0854. The van der Waals surface area contributed by atoms with Crippen LogP contribution in [0.2, 0.25) is 0 Å². The summed E-state index contributed by atoms with van der Waals surface area (Å²) < 4.78 is 24.1. The molecule has 0 aliphatic rings. The average molecular weight is 307 g/mol. The molecule has 94 valence electrons. The molecule has 0 radical (unpaired) electrons. The van der Waals surface area contributed by atoms with Gasteiger partial charge in [0, 0.05) is 18.1 Å². The largest absolute Gasteiger partial charge is 0.493 e. The molecule has 0 saturated carbocycles. The van der Waals surface area contributed by atoms with Gasteiger partial charge in [0.25, 0.3) is 0 Å². The molecule has 0 saturated heterocycles. The Morgan fingerprint density at radius 2 is 2.12 bits per heavy atom. The molecular weight excluding hydrogens is 295 g/mol. The molecular formula is C11H12BrFO4. The van der Waals surface area contributed by atoms with Gasteiger partial charge in [-0.05, 0) is 22.4 Å². The fourth-order valence-corrected chi connectivity index (χ4v) is 2.17. The lowest BCUT2D eigenvalue weighted by Crippen LogP contribution is -2.03. The Balaban J connectivity index is 3.17. The molecule has 0 bridgehead atoms. The van der Waals surface area contributed by atoms with Gasteiger partial charge in [-0.1, -0.05) is 0 Å². The Bertz CT molecular complexity index is 434. The first-order valence-electron chi connectivity index (χ1n) is 4.81. The summed E-state index contributed by atoms with van der Waals surface area (Å²) in [6.45, 7) is 0. The van der Waals surface area contributed by atoms with Gasteiger partial charge in [-0.15, -0.1) is 0 Å².